The second-order valence-electron chi connectivity index (χ2n) is 10.3. The Balaban J connectivity index is 1.15. The number of imidazole rings is 1. The molecule has 0 unspecified atom stereocenters. The number of nitrogens with two attached hydrogens (primary N) is 1. The van der Waals surface area contributed by atoms with Crippen molar-refractivity contribution in [2.45, 2.75) is 6.54 Å². The first-order valence-corrected chi connectivity index (χ1v) is 15.6. The molecular weight excluding hydrogens is 624 g/mol. The lowest BCUT2D eigenvalue weighted by atomic mass is 10.1. The number of pyridine rings is 2. The Hall–Kier alpha value is -4.45. The van der Waals surface area contributed by atoms with E-state index in [-0.39, 0.29) is 5.91 Å². The van der Waals surface area contributed by atoms with Crippen LogP contribution in [0, 0.1) is 0 Å². The van der Waals surface area contributed by atoms with Crippen molar-refractivity contribution in [1.82, 2.24) is 34.3 Å². The topological polar surface area (TPSA) is 106 Å². The number of benzene rings is 2. The number of carbonyl (C=O) groups is 1. The molecule has 43 heavy (non-hydrogen) atoms. The first-order valence-electron chi connectivity index (χ1n) is 13.9. The van der Waals surface area contributed by atoms with Crippen LogP contribution < -0.4 is 5.73 Å². The molecule has 6 aromatic rings. The fourth-order valence-electron chi connectivity index (χ4n) is 5.39. The predicted octanol–water partition coefficient (Wildman–Crippen LogP) is 5.91. The Morgan fingerprint density at radius 2 is 1.67 bits per heavy atom. The molecule has 0 saturated carbocycles. The third-order valence-electron chi connectivity index (χ3n) is 7.61. The Morgan fingerprint density at radius 1 is 0.884 bits per heavy atom. The monoisotopic (exact) mass is 650 g/mol. The molecule has 2 aromatic carbocycles. The van der Waals surface area contributed by atoms with Gasteiger partial charge in [0.15, 0.2) is 15.4 Å². The Bertz CT molecular complexity index is 1910. The average molecular weight is 652 g/mol. The number of carbonyl (C=O) groups excluding carboxylic acids is 1. The lowest BCUT2D eigenvalue weighted by molar-refractivity contribution is 0.0623. The van der Waals surface area contributed by atoms with E-state index in [0.29, 0.717) is 30.4 Å². The molecule has 0 bridgehead atoms. The van der Waals surface area contributed by atoms with Crippen LogP contribution in [0.4, 0.5) is 5.82 Å². The van der Waals surface area contributed by atoms with E-state index in [1.807, 2.05) is 47.4 Å². The van der Waals surface area contributed by atoms with E-state index in [2.05, 4.69) is 71.8 Å². The summed E-state index contributed by atoms with van der Waals surface area (Å²) in [5, 5.41) is 1.80. The van der Waals surface area contributed by atoms with E-state index in [1.54, 1.807) is 11.6 Å². The first-order chi connectivity index (χ1) is 21.0. The van der Waals surface area contributed by atoms with Crippen LogP contribution >= 0.6 is 27.3 Å². The van der Waals surface area contributed by atoms with Gasteiger partial charge in [0.25, 0.3) is 5.91 Å². The van der Waals surface area contributed by atoms with E-state index < -0.39 is 0 Å². The van der Waals surface area contributed by atoms with Gasteiger partial charge in [-0.25, -0.2) is 19.9 Å². The van der Waals surface area contributed by atoms with Crippen LogP contribution in [-0.4, -0.2) is 66.4 Å². The van der Waals surface area contributed by atoms with Crippen molar-refractivity contribution in [3.05, 3.63) is 106 Å². The number of hydrogen-bond donors (Lipinski definition) is 1. The zero-order valence-corrected chi connectivity index (χ0v) is 25.5. The number of anilines is 1. The number of rotatable bonds is 6. The van der Waals surface area contributed by atoms with Gasteiger partial charge in [0.1, 0.15) is 17.0 Å². The van der Waals surface area contributed by atoms with Gasteiger partial charge in [0.2, 0.25) is 0 Å². The van der Waals surface area contributed by atoms with Gasteiger partial charge in [0, 0.05) is 55.6 Å². The number of hydrogen-bond acceptors (Lipinski definition) is 8. The van der Waals surface area contributed by atoms with E-state index in [1.165, 1.54) is 16.9 Å². The van der Waals surface area contributed by atoms with Crippen molar-refractivity contribution in [3.8, 4) is 28.3 Å². The maximum absolute atomic E-state index is 12.8. The molecule has 9 nitrogen and oxygen atoms in total. The van der Waals surface area contributed by atoms with Crippen LogP contribution in [0.3, 0.4) is 0 Å². The van der Waals surface area contributed by atoms with Crippen molar-refractivity contribution >= 4 is 50.2 Å². The minimum atomic E-state index is -0.00685. The normalized spacial score (nSPS) is 13.9. The molecule has 0 radical (unpaired) electrons. The molecule has 1 aliphatic heterocycles. The van der Waals surface area contributed by atoms with Gasteiger partial charge in [-0.3, -0.25) is 14.3 Å². The van der Waals surface area contributed by atoms with Gasteiger partial charge < -0.3 is 10.6 Å². The second-order valence-corrected chi connectivity index (χ2v) is 12.5. The minimum Gasteiger partial charge on any atom is -0.383 e. The number of amides is 1. The summed E-state index contributed by atoms with van der Waals surface area (Å²) in [4.78, 5) is 35.6. The summed E-state index contributed by atoms with van der Waals surface area (Å²) in [7, 11) is 0. The summed E-state index contributed by atoms with van der Waals surface area (Å²) >= 11 is 4.77. The fourth-order valence-corrected chi connectivity index (χ4v) is 6.37. The van der Waals surface area contributed by atoms with Crippen molar-refractivity contribution in [3.63, 3.8) is 0 Å². The largest absolute Gasteiger partial charge is 0.383 e. The van der Waals surface area contributed by atoms with E-state index >= 15 is 0 Å². The van der Waals surface area contributed by atoms with Gasteiger partial charge in [-0.05, 0) is 57.9 Å². The van der Waals surface area contributed by atoms with Crippen LogP contribution in [0.1, 0.15) is 16.1 Å². The highest BCUT2D eigenvalue weighted by Crippen LogP contribution is 2.32. The zero-order valence-electron chi connectivity index (χ0n) is 23.1. The van der Waals surface area contributed by atoms with Gasteiger partial charge in [-0.1, -0.05) is 42.5 Å². The van der Waals surface area contributed by atoms with Gasteiger partial charge >= 0.3 is 0 Å². The molecule has 0 atom stereocenters. The quantitative estimate of drug-likeness (QED) is 0.239. The predicted molar refractivity (Wildman–Crippen MR) is 173 cm³/mol. The summed E-state index contributed by atoms with van der Waals surface area (Å²) in [5.74, 6) is 1.10. The van der Waals surface area contributed by atoms with Crippen molar-refractivity contribution < 1.29 is 4.79 Å². The third-order valence-corrected chi connectivity index (χ3v) is 8.97. The van der Waals surface area contributed by atoms with Gasteiger partial charge in [-0.2, -0.15) is 0 Å². The lowest BCUT2D eigenvalue weighted by Crippen LogP contribution is -2.48. The highest BCUT2D eigenvalue weighted by Gasteiger charge is 2.24. The standard InChI is InChI=1S/C32H27BrN8OS/c33-32-38-27(20-43-32)31(42)40-17-15-39(16-18-40)19-21-8-10-23(11-9-21)41-29(24-7-4-14-35-28(24)34)37-26-13-12-25(36-30(26)41)22-5-2-1-3-6-22/h1-14,20H,15-19H2,(H2,34,35). The van der Waals surface area contributed by atoms with Crippen LogP contribution in [0.2, 0.25) is 0 Å². The number of aromatic nitrogens is 5. The minimum absolute atomic E-state index is 0.00685. The molecule has 1 fully saturated rings. The molecule has 11 heteroatoms. The summed E-state index contributed by atoms with van der Waals surface area (Å²) in [6, 6.07) is 26.4. The SMILES string of the molecule is Nc1ncccc1-c1nc2ccc(-c3ccccc3)nc2n1-c1ccc(CN2CCN(C(=O)c3csc(Br)n3)CC2)cc1. The molecule has 0 aliphatic carbocycles. The molecule has 214 valence electrons. The molecule has 7 rings (SSSR count). The number of nitrogens with zero attached hydrogens (tertiary/aromatic N) is 7. The summed E-state index contributed by atoms with van der Waals surface area (Å²) in [6.07, 6.45) is 1.68. The smallest absolute Gasteiger partial charge is 0.273 e. The summed E-state index contributed by atoms with van der Waals surface area (Å²) < 4.78 is 2.78. The zero-order chi connectivity index (χ0) is 29.3. The lowest BCUT2D eigenvalue weighted by Gasteiger charge is -2.34. The Kier molecular flexibility index (Phi) is 7.44. The number of piperazine rings is 1. The molecule has 5 heterocycles. The van der Waals surface area contributed by atoms with E-state index in [9.17, 15) is 4.79 Å². The van der Waals surface area contributed by atoms with E-state index in [0.717, 1.165) is 57.2 Å². The van der Waals surface area contributed by atoms with Gasteiger partial charge in [-0.15, -0.1) is 11.3 Å². The molecule has 2 N–H and O–H groups in total. The molecule has 4 aromatic heterocycles. The molecular formula is C32H27BrN8OS. The number of halogens is 1. The van der Waals surface area contributed by atoms with Crippen LogP contribution in [-0.2, 0) is 6.54 Å². The number of thiazole rings is 1. The number of fused-ring (bicyclic) bond motifs is 1. The highest BCUT2D eigenvalue weighted by atomic mass is 79.9. The molecule has 1 saturated heterocycles. The van der Waals surface area contributed by atoms with Crippen LogP contribution in [0.25, 0.3) is 39.5 Å². The maximum Gasteiger partial charge on any atom is 0.273 e. The third kappa shape index (κ3) is 5.54. The summed E-state index contributed by atoms with van der Waals surface area (Å²) in [5.41, 5.74) is 13.1. The molecule has 1 amide bonds. The maximum atomic E-state index is 12.8. The number of nitrogen functional groups attached to an aromatic ring is 1. The average Bonchev–Trinajstić information content (AvgIpc) is 3.65. The summed E-state index contributed by atoms with van der Waals surface area (Å²) in [6.45, 7) is 3.77. The van der Waals surface area contributed by atoms with E-state index in [4.69, 9.17) is 15.7 Å². The van der Waals surface area contributed by atoms with Crippen LogP contribution in [0.5, 0.6) is 0 Å². The van der Waals surface area contributed by atoms with Crippen molar-refractivity contribution in [1.29, 1.82) is 0 Å². The van der Waals surface area contributed by atoms with Crippen molar-refractivity contribution in [2.24, 2.45) is 0 Å². The van der Waals surface area contributed by atoms with Crippen molar-refractivity contribution in [2.75, 3.05) is 31.9 Å². The van der Waals surface area contributed by atoms with Gasteiger partial charge in [0.05, 0.1) is 11.3 Å². The Labute approximate surface area is 260 Å². The van der Waals surface area contributed by atoms with Crippen LogP contribution in [0.15, 0.2) is 94.4 Å². The molecule has 1 aliphatic rings. The Morgan fingerprint density at radius 3 is 2.40 bits per heavy atom. The second kappa shape index (κ2) is 11.7. The molecule has 0 spiro atoms. The fraction of sp³-hybridized carbons (Fsp3) is 0.156. The highest BCUT2D eigenvalue weighted by molar-refractivity contribution is 9.11. The first kappa shape index (κ1) is 27.4.